The van der Waals surface area contributed by atoms with Crippen LogP contribution in [0.3, 0.4) is 0 Å². The minimum absolute atomic E-state index is 0.423. The summed E-state index contributed by atoms with van der Waals surface area (Å²) in [4.78, 5) is 4.31. The average molecular weight is 228 g/mol. The van der Waals surface area contributed by atoms with E-state index >= 15 is 0 Å². The SMILES string of the molecule is CCc1ccccc1Oc1cccc(CN)n1. The molecule has 2 rings (SSSR count). The van der Waals surface area contributed by atoms with Crippen molar-refractivity contribution in [3.63, 3.8) is 0 Å². The van der Waals surface area contributed by atoms with Crippen molar-refractivity contribution in [2.24, 2.45) is 5.73 Å². The normalized spacial score (nSPS) is 10.2. The van der Waals surface area contributed by atoms with Gasteiger partial charge in [-0.3, -0.25) is 0 Å². The van der Waals surface area contributed by atoms with Crippen molar-refractivity contribution in [3.8, 4) is 11.6 Å². The first-order valence-corrected chi connectivity index (χ1v) is 5.75. The molecule has 0 aliphatic carbocycles. The zero-order valence-corrected chi connectivity index (χ0v) is 9.89. The maximum absolute atomic E-state index is 5.78. The zero-order chi connectivity index (χ0) is 12.1. The van der Waals surface area contributed by atoms with Crippen LogP contribution < -0.4 is 10.5 Å². The van der Waals surface area contributed by atoms with Gasteiger partial charge in [-0.05, 0) is 24.1 Å². The van der Waals surface area contributed by atoms with E-state index in [1.165, 1.54) is 5.56 Å². The third-order valence-electron chi connectivity index (χ3n) is 2.56. The maximum atomic E-state index is 5.78. The monoisotopic (exact) mass is 228 g/mol. The fourth-order valence-electron chi connectivity index (χ4n) is 1.64. The Kier molecular flexibility index (Phi) is 3.73. The van der Waals surface area contributed by atoms with Crippen molar-refractivity contribution < 1.29 is 4.74 Å². The van der Waals surface area contributed by atoms with Crippen LogP contribution in [0.4, 0.5) is 0 Å². The van der Waals surface area contributed by atoms with Crippen molar-refractivity contribution >= 4 is 0 Å². The van der Waals surface area contributed by atoms with Crippen LogP contribution in [0.15, 0.2) is 42.5 Å². The van der Waals surface area contributed by atoms with Gasteiger partial charge in [-0.15, -0.1) is 0 Å². The largest absolute Gasteiger partial charge is 0.439 e. The molecular weight excluding hydrogens is 212 g/mol. The van der Waals surface area contributed by atoms with Gasteiger partial charge in [0.25, 0.3) is 0 Å². The number of nitrogens with zero attached hydrogens (tertiary/aromatic N) is 1. The van der Waals surface area contributed by atoms with Gasteiger partial charge in [0.05, 0.1) is 5.69 Å². The zero-order valence-electron chi connectivity index (χ0n) is 9.89. The number of benzene rings is 1. The topological polar surface area (TPSA) is 48.1 Å². The first-order valence-electron chi connectivity index (χ1n) is 5.75. The molecule has 0 amide bonds. The molecule has 0 bridgehead atoms. The Morgan fingerprint density at radius 2 is 1.94 bits per heavy atom. The Balaban J connectivity index is 2.24. The summed E-state index contributed by atoms with van der Waals surface area (Å²) in [6.45, 7) is 2.53. The number of para-hydroxylation sites is 1. The number of hydrogen-bond acceptors (Lipinski definition) is 3. The maximum Gasteiger partial charge on any atom is 0.219 e. The average Bonchev–Trinajstić information content (AvgIpc) is 2.39. The van der Waals surface area contributed by atoms with E-state index in [-0.39, 0.29) is 0 Å². The summed E-state index contributed by atoms with van der Waals surface area (Å²) < 4.78 is 5.78. The van der Waals surface area contributed by atoms with E-state index < -0.39 is 0 Å². The van der Waals surface area contributed by atoms with Gasteiger partial charge >= 0.3 is 0 Å². The highest BCUT2D eigenvalue weighted by molar-refractivity contribution is 5.36. The summed E-state index contributed by atoms with van der Waals surface area (Å²) in [7, 11) is 0. The second-order valence-electron chi connectivity index (χ2n) is 3.73. The fraction of sp³-hybridized carbons (Fsp3) is 0.214. The molecule has 0 saturated carbocycles. The number of rotatable bonds is 4. The van der Waals surface area contributed by atoms with Crippen molar-refractivity contribution in [3.05, 3.63) is 53.7 Å². The minimum Gasteiger partial charge on any atom is -0.439 e. The molecule has 0 atom stereocenters. The van der Waals surface area contributed by atoms with Crippen LogP contribution in [-0.4, -0.2) is 4.98 Å². The van der Waals surface area contributed by atoms with Crippen LogP contribution >= 0.6 is 0 Å². The molecule has 88 valence electrons. The van der Waals surface area contributed by atoms with Crippen LogP contribution in [0.2, 0.25) is 0 Å². The Morgan fingerprint density at radius 1 is 1.12 bits per heavy atom. The molecule has 0 unspecified atom stereocenters. The lowest BCUT2D eigenvalue weighted by Crippen LogP contribution is -2.00. The van der Waals surface area contributed by atoms with Crippen LogP contribution in [-0.2, 0) is 13.0 Å². The van der Waals surface area contributed by atoms with Crippen molar-refractivity contribution in [1.82, 2.24) is 4.98 Å². The molecule has 17 heavy (non-hydrogen) atoms. The molecule has 2 aromatic rings. The standard InChI is InChI=1S/C14H16N2O/c1-2-11-6-3-4-8-13(11)17-14-9-5-7-12(10-15)16-14/h3-9H,2,10,15H2,1H3. The van der Waals surface area contributed by atoms with Gasteiger partial charge in [0.1, 0.15) is 5.75 Å². The van der Waals surface area contributed by atoms with Crippen molar-refractivity contribution in [1.29, 1.82) is 0 Å². The molecule has 0 aliphatic heterocycles. The lowest BCUT2D eigenvalue weighted by molar-refractivity contribution is 0.455. The smallest absolute Gasteiger partial charge is 0.219 e. The second-order valence-corrected chi connectivity index (χ2v) is 3.73. The molecule has 0 spiro atoms. The predicted molar refractivity (Wildman–Crippen MR) is 68.0 cm³/mol. The number of ether oxygens (including phenoxy) is 1. The van der Waals surface area contributed by atoms with Gasteiger partial charge in [0.15, 0.2) is 0 Å². The lowest BCUT2D eigenvalue weighted by Gasteiger charge is -2.09. The Labute approximate surface area is 101 Å². The Morgan fingerprint density at radius 3 is 2.71 bits per heavy atom. The molecule has 1 heterocycles. The molecule has 3 nitrogen and oxygen atoms in total. The minimum atomic E-state index is 0.423. The predicted octanol–water partition coefficient (Wildman–Crippen LogP) is 2.90. The summed E-state index contributed by atoms with van der Waals surface area (Å²) in [6, 6.07) is 13.6. The molecular formula is C14H16N2O. The van der Waals surface area contributed by atoms with E-state index in [1.54, 1.807) is 0 Å². The summed E-state index contributed by atoms with van der Waals surface area (Å²) >= 11 is 0. The van der Waals surface area contributed by atoms with Gasteiger partial charge in [-0.25, -0.2) is 4.98 Å². The van der Waals surface area contributed by atoms with E-state index in [9.17, 15) is 0 Å². The fourth-order valence-corrected chi connectivity index (χ4v) is 1.64. The molecule has 0 radical (unpaired) electrons. The van der Waals surface area contributed by atoms with Gasteiger partial charge in [-0.1, -0.05) is 31.2 Å². The van der Waals surface area contributed by atoms with Gasteiger partial charge < -0.3 is 10.5 Å². The van der Waals surface area contributed by atoms with Crippen molar-refractivity contribution in [2.75, 3.05) is 0 Å². The molecule has 3 heteroatoms. The third-order valence-corrected chi connectivity index (χ3v) is 2.56. The van der Waals surface area contributed by atoms with E-state index in [1.807, 2.05) is 36.4 Å². The van der Waals surface area contributed by atoms with Gasteiger partial charge in [0.2, 0.25) is 5.88 Å². The summed E-state index contributed by atoms with van der Waals surface area (Å²) in [5, 5.41) is 0. The third kappa shape index (κ3) is 2.82. The van der Waals surface area contributed by atoms with Gasteiger partial charge in [0, 0.05) is 12.6 Å². The summed E-state index contributed by atoms with van der Waals surface area (Å²) in [6.07, 6.45) is 0.937. The molecule has 2 N–H and O–H groups in total. The Bertz CT molecular complexity index is 497. The molecule has 0 aliphatic rings. The first-order chi connectivity index (χ1) is 8.33. The summed E-state index contributed by atoms with van der Waals surface area (Å²) in [5.41, 5.74) is 7.55. The van der Waals surface area contributed by atoms with E-state index in [2.05, 4.69) is 18.0 Å². The Hall–Kier alpha value is -1.87. The van der Waals surface area contributed by atoms with Crippen LogP contribution in [0.1, 0.15) is 18.2 Å². The van der Waals surface area contributed by atoms with E-state index in [0.717, 1.165) is 17.9 Å². The number of pyridine rings is 1. The number of hydrogen-bond donors (Lipinski definition) is 1. The van der Waals surface area contributed by atoms with Crippen LogP contribution in [0.25, 0.3) is 0 Å². The van der Waals surface area contributed by atoms with E-state index in [0.29, 0.717) is 12.4 Å². The highest BCUT2D eigenvalue weighted by Crippen LogP contribution is 2.24. The summed E-state index contributed by atoms with van der Waals surface area (Å²) in [5.74, 6) is 1.45. The van der Waals surface area contributed by atoms with E-state index in [4.69, 9.17) is 10.5 Å². The molecule has 1 aromatic heterocycles. The number of nitrogens with two attached hydrogens (primary N) is 1. The molecule has 1 aromatic carbocycles. The first kappa shape index (κ1) is 11.6. The van der Waals surface area contributed by atoms with Gasteiger partial charge in [-0.2, -0.15) is 0 Å². The molecule has 0 saturated heterocycles. The van der Waals surface area contributed by atoms with Crippen LogP contribution in [0.5, 0.6) is 11.6 Å². The van der Waals surface area contributed by atoms with Crippen molar-refractivity contribution in [2.45, 2.75) is 19.9 Å². The quantitative estimate of drug-likeness (QED) is 0.875. The number of aromatic nitrogens is 1. The molecule has 0 fully saturated rings. The second kappa shape index (κ2) is 5.46. The highest BCUT2D eigenvalue weighted by atomic mass is 16.5. The van der Waals surface area contributed by atoms with Crippen LogP contribution in [0, 0.1) is 0 Å². The highest BCUT2D eigenvalue weighted by Gasteiger charge is 2.03. The lowest BCUT2D eigenvalue weighted by atomic mass is 10.1. The number of aryl methyl sites for hydroxylation is 1.